The summed E-state index contributed by atoms with van der Waals surface area (Å²) >= 11 is 0. The van der Waals surface area contributed by atoms with Crippen molar-refractivity contribution in [2.75, 3.05) is 5.75 Å². The Labute approximate surface area is 105 Å². The summed E-state index contributed by atoms with van der Waals surface area (Å²) in [5.41, 5.74) is 6.18. The van der Waals surface area contributed by atoms with Crippen LogP contribution in [0.25, 0.3) is 11.4 Å². The molecule has 0 fully saturated rings. The minimum absolute atomic E-state index is 0.0876. The van der Waals surface area contributed by atoms with Crippen LogP contribution in [-0.2, 0) is 16.4 Å². The number of hydrogen-bond acceptors (Lipinski definition) is 5. The van der Waals surface area contributed by atoms with E-state index >= 15 is 0 Å². The van der Waals surface area contributed by atoms with Crippen LogP contribution in [0, 0.1) is 0 Å². The van der Waals surface area contributed by atoms with Gasteiger partial charge in [-0.1, -0.05) is 6.92 Å². The van der Waals surface area contributed by atoms with Crippen LogP contribution < -0.4 is 5.73 Å². The van der Waals surface area contributed by atoms with Gasteiger partial charge in [0.1, 0.15) is 5.82 Å². The Balaban J connectivity index is 2.33. The van der Waals surface area contributed by atoms with Crippen molar-refractivity contribution < 1.29 is 8.42 Å². The lowest BCUT2D eigenvalue weighted by Gasteiger charge is -2.01. The largest absolute Gasteiger partial charge is 0.324 e. The minimum atomic E-state index is -3.17. The fourth-order valence-corrected chi connectivity index (χ4v) is 2.38. The SMILES string of the molecule is CCS(=O)(=O)c1ccc(-c2n[nH]c(CN)n2)cc1. The van der Waals surface area contributed by atoms with E-state index in [1.807, 2.05) is 0 Å². The number of sulfone groups is 1. The maximum atomic E-state index is 11.6. The number of nitrogens with zero attached hydrogens (tertiary/aromatic N) is 2. The molecule has 0 aliphatic heterocycles. The zero-order valence-electron chi connectivity index (χ0n) is 9.92. The maximum absolute atomic E-state index is 11.6. The zero-order valence-corrected chi connectivity index (χ0v) is 10.7. The summed E-state index contributed by atoms with van der Waals surface area (Å²) in [6, 6.07) is 6.50. The first-order valence-electron chi connectivity index (χ1n) is 5.51. The molecule has 0 saturated heterocycles. The summed E-state index contributed by atoms with van der Waals surface area (Å²) in [5.74, 6) is 1.19. The van der Waals surface area contributed by atoms with Gasteiger partial charge < -0.3 is 5.73 Å². The first kappa shape index (κ1) is 12.7. The highest BCUT2D eigenvalue weighted by atomic mass is 32.2. The lowest BCUT2D eigenvalue weighted by Crippen LogP contribution is -2.03. The summed E-state index contributed by atoms with van der Waals surface area (Å²) in [4.78, 5) is 4.48. The molecule has 0 spiro atoms. The third kappa shape index (κ3) is 2.41. The first-order valence-corrected chi connectivity index (χ1v) is 7.16. The minimum Gasteiger partial charge on any atom is -0.324 e. The molecule has 18 heavy (non-hydrogen) atoms. The zero-order chi connectivity index (χ0) is 13.2. The van der Waals surface area contributed by atoms with Crippen molar-refractivity contribution >= 4 is 9.84 Å². The monoisotopic (exact) mass is 266 g/mol. The molecule has 0 atom stereocenters. The normalized spacial score (nSPS) is 11.7. The second kappa shape index (κ2) is 4.87. The molecule has 2 aromatic rings. The number of H-pyrrole nitrogens is 1. The fraction of sp³-hybridized carbons (Fsp3) is 0.273. The van der Waals surface area contributed by atoms with Gasteiger partial charge in [-0.3, -0.25) is 5.10 Å². The molecular weight excluding hydrogens is 252 g/mol. The summed E-state index contributed by atoms with van der Waals surface area (Å²) in [5, 5.41) is 6.71. The average Bonchev–Trinajstić information content (AvgIpc) is 2.87. The van der Waals surface area contributed by atoms with Crippen molar-refractivity contribution in [1.29, 1.82) is 0 Å². The van der Waals surface area contributed by atoms with E-state index < -0.39 is 9.84 Å². The Morgan fingerprint density at radius 1 is 1.28 bits per heavy atom. The molecule has 0 amide bonds. The highest BCUT2D eigenvalue weighted by molar-refractivity contribution is 7.91. The van der Waals surface area contributed by atoms with E-state index in [-0.39, 0.29) is 12.3 Å². The molecule has 96 valence electrons. The molecule has 6 nitrogen and oxygen atoms in total. The number of nitrogens with one attached hydrogen (secondary N) is 1. The molecule has 0 aliphatic carbocycles. The second-order valence-electron chi connectivity index (χ2n) is 3.74. The van der Waals surface area contributed by atoms with Gasteiger partial charge >= 0.3 is 0 Å². The molecule has 7 heteroatoms. The fourth-order valence-electron chi connectivity index (χ4n) is 1.49. The van der Waals surface area contributed by atoms with Crippen molar-refractivity contribution in [3.8, 4) is 11.4 Å². The van der Waals surface area contributed by atoms with E-state index in [9.17, 15) is 8.42 Å². The van der Waals surface area contributed by atoms with Gasteiger partial charge in [-0.25, -0.2) is 13.4 Å². The Morgan fingerprint density at radius 3 is 2.44 bits per heavy atom. The number of nitrogens with two attached hydrogens (primary N) is 1. The van der Waals surface area contributed by atoms with E-state index in [0.29, 0.717) is 16.5 Å². The summed E-state index contributed by atoms with van der Waals surface area (Å²) in [7, 11) is -3.17. The van der Waals surface area contributed by atoms with Crippen molar-refractivity contribution in [2.45, 2.75) is 18.4 Å². The number of aromatic nitrogens is 3. The number of benzene rings is 1. The van der Waals surface area contributed by atoms with Crippen molar-refractivity contribution in [2.24, 2.45) is 5.73 Å². The van der Waals surface area contributed by atoms with E-state index in [4.69, 9.17) is 5.73 Å². The molecule has 1 aromatic heterocycles. The number of hydrogen-bond donors (Lipinski definition) is 2. The topological polar surface area (TPSA) is 102 Å². The van der Waals surface area contributed by atoms with Gasteiger partial charge in [0.05, 0.1) is 17.2 Å². The van der Waals surface area contributed by atoms with Gasteiger partial charge in [-0.15, -0.1) is 0 Å². The molecule has 0 unspecified atom stereocenters. The van der Waals surface area contributed by atoms with Gasteiger partial charge in [-0.2, -0.15) is 5.10 Å². The molecule has 1 heterocycles. The van der Waals surface area contributed by atoms with Crippen LogP contribution in [-0.4, -0.2) is 29.4 Å². The molecular formula is C11H14N4O2S. The van der Waals surface area contributed by atoms with Gasteiger partial charge in [0.25, 0.3) is 0 Å². The van der Waals surface area contributed by atoms with E-state index in [1.54, 1.807) is 31.2 Å². The third-order valence-electron chi connectivity index (χ3n) is 2.58. The predicted octanol–water partition coefficient (Wildman–Crippen LogP) is 0.724. The van der Waals surface area contributed by atoms with Gasteiger partial charge in [-0.05, 0) is 24.3 Å². The van der Waals surface area contributed by atoms with Crippen molar-refractivity contribution in [3.63, 3.8) is 0 Å². The Morgan fingerprint density at radius 2 is 1.94 bits per heavy atom. The molecule has 3 N–H and O–H groups in total. The Kier molecular flexibility index (Phi) is 3.44. The van der Waals surface area contributed by atoms with Crippen molar-refractivity contribution in [1.82, 2.24) is 15.2 Å². The Hall–Kier alpha value is -1.73. The van der Waals surface area contributed by atoms with Crippen LogP contribution >= 0.6 is 0 Å². The summed E-state index contributed by atoms with van der Waals surface area (Å²) < 4.78 is 23.3. The van der Waals surface area contributed by atoms with E-state index in [1.165, 1.54) is 0 Å². The van der Waals surface area contributed by atoms with Crippen LogP contribution in [0.3, 0.4) is 0 Å². The Bertz CT molecular complexity index is 631. The molecule has 0 bridgehead atoms. The molecule has 0 saturated carbocycles. The molecule has 2 rings (SSSR count). The van der Waals surface area contributed by atoms with Crippen LogP contribution in [0.5, 0.6) is 0 Å². The van der Waals surface area contributed by atoms with Gasteiger partial charge in [0, 0.05) is 5.56 Å². The summed E-state index contributed by atoms with van der Waals surface area (Å²) in [6.07, 6.45) is 0. The third-order valence-corrected chi connectivity index (χ3v) is 4.33. The van der Waals surface area contributed by atoms with Crippen LogP contribution in [0.15, 0.2) is 29.2 Å². The van der Waals surface area contributed by atoms with Crippen LogP contribution in [0.4, 0.5) is 0 Å². The number of aromatic amines is 1. The maximum Gasteiger partial charge on any atom is 0.181 e. The molecule has 1 aromatic carbocycles. The van der Waals surface area contributed by atoms with Gasteiger partial charge in [0.15, 0.2) is 15.7 Å². The first-order chi connectivity index (χ1) is 8.56. The van der Waals surface area contributed by atoms with E-state index in [0.717, 1.165) is 5.56 Å². The molecule has 0 radical (unpaired) electrons. The highest BCUT2D eigenvalue weighted by Gasteiger charge is 2.12. The predicted molar refractivity (Wildman–Crippen MR) is 67.4 cm³/mol. The van der Waals surface area contributed by atoms with E-state index in [2.05, 4.69) is 15.2 Å². The average molecular weight is 266 g/mol. The smallest absolute Gasteiger partial charge is 0.181 e. The quantitative estimate of drug-likeness (QED) is 0.849. The standard InChI is InChI=1S/C11H14N4O2S/c1-2-18(16,17)9-5-3-8(4-6-9)11-13-10(7-12)14-15-11/h3-6H,2,7,12H2,1H3,(H,13,14,15). The highest BCUT2D eigenvalue weighted by Crippen LogP contribution is 2.18. The number of rotatable bonds is 4. The van der Waals surface area contributed by atoms with Crippen molar-refractivity contribution in [3.05, 3.63) is 30.1 Å². The molecule has 0 aliphatic rings. The lowest BCUT2D eigenvalue weighted by molar-refractivity contribution is 0.597. The van der Waals surface area contributed by atoms with Crippen LogP contribution in [0.1, 0.15) is 12.7 Å². The summed E-state index contributed by atoms with van der Waals surface area (Å²) in [6.45, 7) is 1.90. The second-order valence-corrected chi connectivity index (χ2v) is 6.02. The van der Waals surface area contributed by atoms with Gasteiger partial charge in [0.2, 0.25) is 0 Å². The lowest BCUT2D eigenvalue weighted by atomic mass is 10.2. The van der Waals surface area contributed by atoms with Crippen LogP contribution in [0.2, 0.25) is 0 Å².